The summed E-state index contributed by atoms with van der Waals surface area (Å²) in [7, 11) is 0. The minimum Gasteiger partial charge on any atom is -0.387 e. The molecule has 0 amide bonds. The lowest BCUT2D eigenvalue weighted by molar-refractivity contribution is -0.137. The molecule has 1 rings (SSSR count). The molecule has 96 valence electrons. The number of aliphatic hydroxyl groups excluding tert-OH is 1. The molecule has 1 aromatic rings. The van der Waals surface area contributed by atoms with E-state index < -0.39 is 30.2 Å². The Labute approximate surface area is 94.9 Å². The number of benzene rings is 1. The fourth-order valence-electron chi connectivity index (χ4n) is 1.28. The van der Waals surface area contributed by atoms with Gasteiger partial charge in [0, 0.05) is 6.42 Å². The van der Waals surface area contributed by atoms with E-state index in [1.54, 1.807) is 0 Å². The Morgan fingerprint density at radius 1 is 1.18 bits per heavy atom. The van der Waals surface area contributed by atoms with E-state index in [-0.39, 0.29) is 5.56 Å². The predicted octanol–water partition coefficient (Wildman–Crippen LogP) is 3.26. The van der Waals surface area contributed by atoms with Gasteiger partial charge < -0.3 is 5.11 Å². The second-order valence-corrected chi connectivity index (χ2v) is 3.81. The Morgan fingerprint density at radius 3 is 2.24 bits per heavy atom. The van der Waals surface area contributed by atoms with E-state index in [4.69, 9.17) is 5.11 Å². The lowest BCUT2D eigenvalue weighted by Crippen LogP contribution is -2.33. The zero-order valence-corrected chi connectivity index (χ0v) is 8.93. The summed E-state index contributed by atoms with van der Waals surface area (Å²) in [6.45, 7) is 0.896. The molecule has 6 heteroatoms. The lowest BCUT2D eigenvalue weighted by Gasteiger charge is -2.19. The highest BCUT2D eigenvalue weighted by Crippen LogP contribution is 2.31. The highest BCUT2D eigenvalue weighted by Gasteiger charge is 2.36. The highest BCUT2D eigenvalue weighted by molar-refractivity contribution is 5.26. The van der Waals surface area contributed by atoms with Crippen molar-refractivity contribution in [2.24, 2.45) is 0 Å². The Hall–Kier alpha value is -1.17. The maximum atomic E-state index is 13.1. The van der Waals surface area contributed by atoms with Crippen LogP contribution in [0.2, 0.25) is 0 Å². The van der Waals surface area contributed by atoms with Crippen molar-refractivity contribution in [1.29, 1.82) is 0 Å². The first-order chi connectivity index (χ1) is 7.63. The van der Waals surface area contributed by atoms with Gasteiger partial charge in [0.05, 0.1) is 5.56 Å². The largest absolute Gasteiger partial charge is 0.416 e. The van der Waals surface area contributed by atoms with Gasteiger partial charge in [-0.1, -0.05) is 18.2 Å². The van der Waals surface area contributed by atoms with Crippen molar-refractivity contribution in [3.05, 3.63) is 35.4 Å². The van der Waals surface area contributed by atoms with Crippen LogP contribution in [0.25, 0.3) is 0 Å². The average molecular weight is 254 g/mol. The zero-order chi connectivity index (χ0) is 13.3. The number of hydrogen-bond acceptors (Lipinski definition) is 1. The molecule has 1 nitrogen and oxygen atoms in total. The minimum absolute atomic E-state index is 0.161. The van der Waals surface area contributed by atoms with Crippen LogP contribution < -0.4 is 0 Å². The van der Waals surface area contributed by atoms with Crippen LogP contribution in [0, 0.1) is 0 Å². The standard InChI is InChI=1S/C11H11F5O/c1-7(17)10(12,13)6-8-3-2-4-9(5-8)11(14,15)16/h2-5,7,17H,6H2,1H3. The molecule has 1 aromatic carbocycles. The smallest absolute Gasteiger partial charge is 0.387 e. The quantitative estimate of drug-likeness (QED) is 0.821. The van der Waals surface area contributed by atoms with E-state index in [2.05, 4.69) is 0 Å². The normalized spacial score (nSPS) is 14.8. The lowest BCUT2D eigenvalue weighted by atomic mass is 10.0. The van der Waals surface area contributed by atoms with Crippen LogP contribution in [-0.4, -0.2) is 17.1 Å². The number of halogens is 5. The van der Waals surface area contributed by atoms with Gasteiger partial charge in [-0.2, -0.15) is 13.2 Å². The van der Waals surface area contributed by atoms with E-state index in [0.717, 1.165) is 19.1 Å². The molecule has 1 unspecified atom stereocenters. The molecule has 0 aromatic heterocycles. The number of alkyl halides is 5. The Bertz CT molecular complexity index is 384. The number of hydrogen-bond donors (Lipinski definition) is 1. The summed E-state index contributed by atoms with van der Waals surface area (Å²) in [5, 5.41) is 8.80. The molecular weight excluding hydrogens is 243 g/mol. The van der Waals surface area contributed by atoms with E-state index >= 15 is 0 Å². The SMILES string of the molecule is CC(O)C(F)(F)Cc1cccc(C(F)(F)F)c1. The molecule has 1 atom stereocenters. The maximum Gasteiger partial charge on any atom is 0.416 e. The van der Waals surface area contributed by atoms with Gasteiger partial charge in [-0.3, -0.25) is 0 Å². The third-order valence-corrected chi connectivity index (χ3v) is 2.31. The first kappa shape index (κ1) is 13.9. The first-order valence-corrected chi connectivity index (χ1v) is 4.85. The second-order valence-electron chi connectivity index (χ2n) is 3.81. The van der Waals surface area contributed by atoms with Crippen LogP contribution in [0.15, 0.2) is 24.3 Å². The van der Waals surface area contributed by atoms with Crippen LogP contribution >= 0.6 is 0 Å². The van der Waals surface area contributed by atoms with Gasteiger partial charge in [0.1, 0.15) is 6.10 Å². The third-order valence-electron chi connectivity index (χ3n) is 2.31. The molecule has 1 N–H and O–H groups in total. The second kappa shape index (κ2) is 4.60. The Balaban J connectivity index is 2.94. The van der Waals surface area contributed by atoms with E-state index in [1.807, 2.05) is 0 Å². The fourth-order valence-corrected chi connectivity index (χ4v) is 1.28. The Morgan fingerprint density at radius 2 is 1.76 bits per heavy atom. The molecule has 0 aliphatic carbocycles. The average Bonchev–Trinajstić information content (AvgIpc) is 2.15. The van der Waals surface area contributed by atoms with Gasteiger partial charge in [0.2, 0.25) is 0 Å². The molecule has 17 heavy (non-hydrogen) atoms. The summed E-state index contributed by atoms with van der Waals surface area (Å²) in [5.41, 5.74) is -1.14. The van der Waals surface area contributed by atoms with Crippen LogP contribution in [0.5, 0.6) is 0 Å². The molecular formula is C11H11F5O. The minimum atomic E-state index is -4.56. The summed E-state index contributed by atoms with van der Waals surface area (Å²) in [6, 6.07) is 3.71. The van der Waals surface area contributed by atoms with Crippen LogP contribution in [0.1, 0.15) is 18.1 Å². The maximum absolute atomic E-state index is 13.1. The van der Waals surface area contributed by atoms with E-state index in [1.165, 1.54) is 6.07 Å². The Kier molecular flexibility index (Phi) is 3.76. The molecule has 0 radical (unpaired) electrons. The van der Waals surface area contributed by atoms with Crippen molar-refractivity contribution in [3.63, 3.8) is 0 Å². The van der Waals surface area contributed by atoms with Crippen molar-refractivity contribution >= 4 is 0 Å². The highest BCUT2D eigenvalue weighted by atomic mass is 19.4. The van der Waals surface area contributed by atoms with Gasteiger partial charge in [-0.05, 0) is 18.6 Å². The molecule has 0 spiro atoms. The van der Waals surface area contributed by atoms with Crippen LogP contribution in [-0.2, 0) is 12.6 Å². The van der Waals surface area contributed by atoms with Crippen LogP contribution in [0.3, 0.4) is 0 Å². The van der Waals surface area contributed by atoms with Gasteiger partial charge in [0.25, 0.3) is 5.92 Å². The summed E-state index contributed by atoms with van der Waals surface area (Å²) >= 11 is 0. The molecule has 0 aliphatic rings. The summed E-state index contributed by atoms with van der Waals surface area (Å²) < 4.78 is 63.2. The molecule has 0 fully saturated rings. The van der Waals surface area contributed by atoms with Crippen molar-refractivity contribution in [3.8, 4) is 0 Å². The molecule has 0 heterocycles. The monoisotopic (exact) mass is 254 g/mol. The van der Waals surface area contributed by atoms with E-state index in [0.29, 0.717) is 6.07 Å². The third kappa shape index (κ3) is 3.66. The van der Waals surface area contributed by atoms with Gasteiger partial charge in [-0.15, -0.1) is 0 Å². The molecule has 0 saturated carbocycles. The molecule has 0 saturated heterocycles. The van der Waals surface area contributed by atoms with E-state index in [9.17, 15) is 22.0 Å². The van der Waals surface area contributed by atoms with Crippen molar-refractivity contribution in [2.75, 3.05) is 0 Å². The first-order valence-electron chi connectivity index (χ1n) is 4.85. The predicted molar refractivity (Wildman–Crippen MR) is 51.8 cm³/mol. The van der Waals surface area contributed by atoms with Gasteiger partial charge in [0.15, 0.2) is 0 Å². The van der Waals surface area contributed by atoms with Crippen molar-refractivity contribution in [1.82, 2.24) is 0 Å². The van der Waals surface area contributed by atoms with Crippen molar-refractivity contribution in [2.45, 2.75) is 31.5 Å². The molecule has 0 bridgehead atoms. The number of rotatable bonds is 3. The zero-order valence-electron chi connectivity index (χ0n) is 8.93. The topological polar surface area (TPSA) is 20.2 Å². The van der Waals surface area contributed by atoms with Gasteiger partial charge in [-0.25, -0.2) is 8.78 Å². The summed E-state index contributed by atoms with van der Waals surface area (Å²) in [4.78, 5) is 0. The molecule has 0 aliphatic heterocycles. The summed E-state index contributed by atoms with van der Waals surface area (Å²) in [5.74, 6) is -3.44. The summed E-state index contributed by atoms with van der Waals surface area (Å²) in [6.07, 6.45) is -7.39. The van der Waals surface area contributed by atoms with Crippen molar-refractivity contribution < 1.29 is 27.1 Å². The number of aliphatic hydroxyl groups is 1. The fraction of sp³-hybridized carbons (Fsp3) is 0.455. The van der Waals surface area contributed by atoms with Gasteiger partial charge >= 0.3 is 6.18 Å². The van der Waals surface area contributed by atoms with Crippen LogP contribution in [0.4, 0.5) is 22.0 Å².